The van der Waals surface area contributed by atoms with E-state index < -0.39 is 0 Å². The van der Waals surface area contributed by atoms with Gasteiger partial charge in [0.2, 0.25) is 0 Å². The normalized spacial score (nSPS) is 11.5. The molecule has 0 N–H and O–H groups in total. The first-order valence-corrected chi connectivity index (χ1v) is 8.80. The number of furan rings is 2. The Kier molecular flexibility index (Phi) is 2.72. The standard InChI is InChI=1S/C24H10N2O2/c25-11-13-1-3-21-17(5-13)19-7-15-10-24-20(8-16(15)9-23(19)27-21)18-6-14(12-26)2-4-22(18)28-24/h1-10H. The summed E-state index contributed by atoms with van der Waals surface area (Å²) in [7, 11) is 0. The molecule has 0 radical (unpaired) electrons. The fraction of sp³-hybridized carbons (Fsp3) is 0. The summed E-state index contributed by atoms with van der Waals surface area (Å²) in [6, 6.07) is 23.4. The predicted molar refractivity (Wildman–Crippen MR) is 108 cm³/mol. The van der Waals surface area contributed by atoms with Gasteiger partial charge in [0.15, 0.2) is 0 Å². The number of nitrogens with zero attached hydrogens (tertiary/aromatic N) is 2. The molecule has 0 bridgehead atoms. The molecule has 0 saturated carbocycles. The molecule has 4 aromatic carbocycles. The maximum atomic E-state index is 9.19. The van der Waals surface area contributed by atoms with Crippen LogP contribution in [0, 0.1) is 22.7 Å². The van der Waals surface area contributed by atoms with E-state index in [-0.39, 0.29) is 0 Å². The lowest BCUT2D eigenvalue weighted by molar-refractivity contribution is 0.668. The van der Waals surface area contributed by atoms with Crippen molar-refractivity contribution in [1.29, 1.82) is 10.5 Å². The van der Waals surface area contributed by atoms with Crippen LogP contribution in [0.5, 0.6) is 0 Å². The van der Waals surface area contributed by atoms with Crippen molar-refractivity contribution in [3.05, 3.63) is 71.8 Å². The lowest BCUT2D eigenvalue weighted by Crippen LogP contribution is -1.76. The van der Waals surface area contributed by atoms with Crippen molar-refractivity contribution in [2.75, 3.05) is 0 Å². The summed E-state index contributed by atoms with van der Waals surface area (Å²) in [4.78, 5) is 0. The van der Waals surface area contributed by atoms with Gasteiger partial charge in [-0.1, -0.05) is 0 Å². The van der Waals surface area contributed by atoms with Crippen molar-refractivity contribution in [2.45, 2.75) is 0 Å². The molecule has 0 aliphatic heterocycles. The van der Waals surface area contributed by atoms with E-state index in [2.05, 4.69) is 24.3 Å². The molecular formula is C24H10N2O2. The summed E-state index contributed by atoms with van der Waals surface area (Å²) in [6.45, 7) is 0. The highest BCUT2D eigenvalue weighted by Crippen LogP contribution is 2.37. The Morgan fingerprint density at radius 2 is 0.929 bits per heavy atom. The molecule has 28 heavy (non-hydrogen) atoms. The van der Waals surface area contributed by atoms with Gasteiger partial charge in [0, 0.05) is 21.5 Å². The Morgan fingerprint density at radius 1 is 0.500 bits per heavy atom. The van der Waals surface area contributed by atoms with Crippen LogP contribution in [-0.2, 0) is 0 Å². The fourth-order valence-electron chi connectivity index (χ4n) is 3.93. The van der Waals surface area contributed by atoms with Gasteiger partial charge in [-0.25, -0.2) is 0 Å². The average Bonchev–Trinajstić information content (AvgIpc) is 3.26. The van der Waals surface area contributed by atoms with E-state index in [0.717, 1.165) is 54.6 Å². The highest BCUT2D eigenvalue weighted by atomic mass is 16.3. The van der Waals surface area contributed by atoms with E-state index in [1.807, 2.05) is 36.4 Å². The van der Waals surface area contributed by atoms with Crippen LogP contribution in [-0.4, -0.2) is 0 Å². The quantitative estimate of drug-likeness (QED) is 0.316. The number of rotatable bonds is 0. The molecule has 2 heterocycles. The van der Waals surface area contributed by atoms with Crippen molar-refractivity contribution >= 4 is 54.6 Å². The maximum Gasteiger partial charge on any atom is 0.136 e. The van der Waals surface area contributed by atoms with Gasteiger partial charge in [0.1, 0.15) is 22.3 Å². The first-order valence-electron chi connectivity index (χ1n) is 8.80. The monoisotopic (exact) mass is 358 g/mol. The molecule has 0 saturated heterocycles. The summed E-state index contributed by atoms with van der Waals surface area (Å²) < 4.78 is 12.0. The second kappa shape index (κ2) is 5.13. The zero-order valence-electron chi connectivity index (χ0n) is 14.5. The molecule has 4 heteroatoms. The molecule has 2 aromatic heterocycles. The largest absolute Gasteiger partial charge is 0.456 e. The molecule has 0 atom stereocenters. The van der Waals surface area contributed by atoms with Crippen LogP contribution in [0.25, 0.3) is 54.6 Å². The third-order valence-corrected chi connectivity index (χ3v) is 5.27. The van der Waals surface area contributed by atoms with Crippen LogP contribution < -0.4 is 0 Å². The minimum absolute atomic E-state index is 0.608. The molecule has 6 aromatic rings. The van der Waals surface area contributed by atoms with E-state index in [1.165, 1.54) is 0 Å². The third-order valence-electron chi connectivity index (χ3n) is 5.27. The molecule has 128 valence electrons. The van der Waals surface area contributed by atoms with Gasteiger partial charge in [-0.3, -0.25) is 0 Å². The lowest BCUT2D eigenvalue weighted by Gasteiger charge is -1.99. The molecular weight excluding hydrogens is 348 g/mol. The van der Waals surface area contributed by atoms with Crippen LogP contribution in [0.4, 0.5) is 0 Å². The Balaban J connectivity index is 1.72. The Morgan fingerprint density at radius 3 is 1.36 bits per heavy atom. The van der Waals surface area contributed by atoms with Gasteiger partial charge in [-0.05, 0) is 71.4 Å². The van der Waals surface area contributed by atoms with E-state index in [0.29, 0.717) is 11.1 Å². The third kappa shape index (κ3) is 1.92. The second-order valence-corrected chi connectivity index (χ2v) is 6.89. The van der Waals surface area contributed by atoms with E-state index >= 15 is 0 Å². The zero-order chi connectivity index (χ0) is 18.8. The molecule has 0 spiro atoms. The SMILES string of the molecule is N#Cc1ccc2oc3cc4cc5c(cc4cc3c2c1)oc1ccc(C#N)cc15. The number of nitriles is 2. The molecule has 0 aliphatic carbocycles. The number of benzene rings is 4. The summed E-state index contributed by atoms with van der Waals surface area (Å²) in [6.07, 6.45) is 0. The first-order chi connectivity index (χ1) is 13.7. The summed E-state index contributed by atoms with van der Waals surface area (Å²) in [5.74, 6) is 0. The molecule has 0 fully saturated rings. The Hall–Kier alpha value is -4.28. The minimum Gasteiger partial charge on any atom is -0.456 e. The maximum absolute atomic E-state index is 9.19. The van der Waals surface area contributed by atoms with E-state index in [1.54, 1.807) is 12.1 Å². The number of hydrogen-bond donors (Lipinski definition) is 0. The van der Waals surface area contributed by atoms with Crippen LogP contribution in [0.3, 0.4) is 0 Å². The second-order valence-electron chi connectivity index (χ2n) is 6.89. The van der Waals surface area contributed by atoms with Crippen molar-refractivity contribution in [1.82, 2.24) is 0 Å². The van der Waals surface area contributed by atoms with Crippen LogP contribution in [0.15, 0.2) is 69.5 Å². The minimum atomic E-state index is 0.608. The summed E-state index contributed by atoms with van der Waals surface area (Å²) in [5.41, 5.74) is 4.30. The molecule has 0 amide bonds. The van der Waals surface area contributed by atoms with Gasteiger partial charge in [0.25, 0.3) is 0 Å². The van der Waals surface area contributed by atoms with Gasteiger partial charge in [-0.15, -0.1) is 0 Å². The first kappa shape index (κ1) is 14.8. The van der Waals surface area contributed by atoms with E-state index in [4.69, 9.17) is 8.83 Å². The lowest BCUT2D eigenvalue weighted by atomic mass is 10.0. The molecule has 0 unspecified atom stereocenters. The van der Waals surface area contributed by atoms with Gasteiger partial charge in [0.05, 0.1) is 23.3 Å². The predicted octanol–water partition coefficient (Wildman–Crippen LogP) is 6.38. The Bertz CT molecular complexity index is 1560. The zero-order valence-corrected chi connectivity index (χ0v) is 14.5. The number of hydrogen-bond acceptors (Lipinski definition) is 4. The molecule has 6 rings (SSSR count). The average molecular weight is 358 g/mol. The smallest absolute Gasteiger partial charge is 0.136 e. The fourth-order valence-corrected chi connectivity index (χ4v) is 3.93. The topological polar surface area (TPSA) is 73.9 Å². The van der Waals surface area contributed by atoms with Gasteiger partial charge in [-0.2, -0.15) is 10.5 Å². The van der Waals surface area contributed by atoms with Crippen molar-refractivity contribution in [3.8, 4) is 12.1 Å². The van der Waals surface area contributed by atoms with Gasteiger partial charge < -0.3 is 8.83 Å². The summed E-state index contributed by atoms with van der Waals surface area (Å²) in [5, 5.41) is 24.3. The van der Waals surface area contributed by atoms with Gasteiger partial charge >= 0.3 is 0 Å². The summed E-state index contributed by atoms with van der Waals surface area (Å²) >= 11 is 0. The van der Waals surface area contributed by atoms with E-state index in [9.17, 15) is 10.5 Å². The van der Waals surface area contributed by atoms with Crippen molar-refractivity contribution in [3.63, 3.8) is 0 Å². The highest BCUT2D eigenvalue weighted by Gasteiger charge is 2.13. The number of fused-ring (bicyclic) bond motifs is 7. The van der Waals surface area contributed by atoms with Crippen molar-refractivity contribution in [2.24, 2.45) is 0 Å². The Labute approximate surface area is 158 Å². The van der Waals surface area contributed by atoms with Crippen LogP contribution in [0.2, 0.25) is 0 Å². The molecule has 0 aliphatic rings. The van der Waals surface area contributed by atoms with Crippen molar-refractivity contribution < 1.29 is 8.83 Å². The molecule has 4 nitrogen and oxygen atoms in total. The highest BCUT2D eigenvalue weighted by molar-refractivity contribution is 6.15. The van der Waals surface area contributed by atoms with Crippen LogP contribution in [0.1, 0.15) is 11.1 Å². The van der Waals surface area contributed by atoms with Crippen LogP contribution >= 0.6 is 0 Å².